The van der Waals surface area contributed by atoms with Crippen LogP contribution in [0.1, 0.15) is 12.5 Å². The van der Waals surface area contributed by atoms with Crippen LogP contribution in [0.2, 0.25) is 0 Å². The molecule has 0 aromatic heterocycles. The number of ether oxygens (including phenoxy) is 1. The first-order valence-corrected chi connectivity index (χ1v) is 12.4. The fourth-order valence-electron chi connectivity index (χ4n) is 2.33. The summed E-state index contributed by atoms with van der Waals surface area (Å²) in [6.45, 7) is 1.56. The first-order valence-electron chi connectivity index (χ1n) is 8.49. The van der Waals surface area contributed by atoms with Crippen LogP contribution in [0.25, 0.3) is 0 Å². The molecule has 0 saturated carbocycles. The van der Waals surface area contributed by atoms with Gasteiger partial charge in [0.05, 0.1) is 18.1 Å². The molecular formula is C19H20N3O5PS2. The van der Waals surface area contributed by atoms with Crippen molar-refractivity contribution in [1.29, 1.82) is 0 Å². The Bertz CT molecular complexity index is 1050. The van der Waals surface area contributed by atoms with Crippen molar-refractivity contribution in [1.82, 2.24) is 0 Å². The van der Waals surface area contributed by atoms with E-state index in [1.54, 1.807) is 36.9 Å². The molecule has 2 aromatic rings. The summed E-state index contributed by atoms with van der Waals surface area (Å²) < 4.78 is 15.0. The van der Waals surface area contributed by atoms with Crippen LogP contribution < -0.4 is 11.0 Å². The maximum absolute atomic E-state index is 11.5. The van der Waals surface area contributed by atoms with E-state index in [1.165, 1.54) is 25.3 Å². The number of nitrogens with zero attached hydrogens (tertiary/aromatic N) is 2. The van der Waals surface area contributed by atoms with E-state index >= 15 is 0 Å². The minimum absolute atomic E-state index is 0.00171. The van der Waals surface area contributed by atoms with Crippen LogP contribution >= 0.6 is 18.2 Å². The molecule has 11 heteroatoms. The number of rotatable bonds is 8. The summed E-state index contributed by atoms with van der Waals surface area (Å²) in [5.74, 6) is -0.376. The summed E-state index contributed by atoms with van der Waals surface area (Å²) in [5, 5.41) is 11.7. The number of non-ortho nitro benzene ring substituents is 1. The highest BCUT2D eigenvalue weighted by Crippen LogP contribution is 2.50. The molecule has 8 nitrogen and oxygen atoms in total. The van der Waals surface area contributed by atoms with Gasteiger partial charge in [0.15, 0.2) is 0 Å². The minimum atomic E-state index is -3.14. The van der Waals surface area contributed by atoms with Gasteiger partial charge in [0.2, 0.25) is 0 Å². The predicted octanol–water partition coefficient (Wildman–Crippen LogP) is 3.75. The lowest BCUT2D eigenvalue weighted by molar-refractivity contribution is -0.384. The summed E-state index contributed by atoms with van der Waals surface area (Å²) in [6, 6.07) is 13.1. The molecule has 0 spiro atoms. The Morgan fingerprint density at radius 3 is 2.53 bits per heavy atom. The second kappa shape index (κ2) is 10.4. The number of carbonyl (C=O) groups excluding carboxylic acids is 1. The van der Waals surface area contributed by atoms with E-state index in [1.807, 2.05) is 18.4 Å². The summed E-state index contributed by atoms with van der Waals surface area (Å²) in [6.07, 6.45) is -0.0334. The van der Waals surface area contributed by atoms with Gasteiger partial charge in [-0.05, 0) is 49.3 Å². The third kappa shape index (κ3) is 6.16. The smallest absolute Gasteiger partial charge is 0.333 e. The molecule has 0 saturated heterocycles. The van der Waals surface area contributed by atoms with Crippen LogP contribution in [0.5, 0.6) is 0 Å². The SMILES string of the molecule is COC(=O)C=C(C)OP(=S)(N=C(N)c1cccc([N+](=O)[O-])c1)c1ccc(SC)cc1. The lowest BCUT2D eigenvalue weighted by Crippen LogP contribution is -2.16. The van der Waals surface area contributed by atoms with E-state index in [0.29, 0.717) is 10.9 Å². The second-order valence-electron chi connectivity index (χ2n) is 5.88. The summed E-state index contributed by atoms with van der Waals surface area (Å²) in [4.78, 5) is 23.1. The Labute approximate surface area is 183 Å². The van der Waals surface area contributed by atoms with Crippen LogP contribution in [0, 0.1) is 10.1 Å². The van der Waals surface area contributed by atoms with Gasteiger partial charge in [0.1, 0.15) is 11.6 Å². The molecule has 2 N–H and O–H groups in total. The number of methoxy groups -OCH3 is 1. The highest BCUT2D eigenvalue weighted by Gasteiger charge is 2.24. The van der Waals surface area contributed by atoms with Crippen LogP contribution in [0.15, 0.2) is 70.0 Å². The standard InChI is InChI=1S/C19H20N3O5PS2/c1-13(11-18(23)26-2)27-28(29,16-7-9-17(30-3)10-8-16)21-19(20)14-5-4-6-15(12-14)22(24)25/h4-12H,1-3H3,(H2,20,21,29). The molecule has 0 aliphatic heterocycles. The molecule has 2 aromatic carbocycles. The van der Waals surface area contributed by atoms with E-state index in [0.717, 1.165) is 11.0 Å². The number of esters is 1. The average Bonchev–Trinajstić information content (AvgIpc) is 2.73. The van der Waals surface area contributed by atoms with Crippen molar-refractivity contribution in [3.63, 3.8) is 0 Å². The number of amidine groups is 1. The summed E-state index contributed by atoms with van der Waals surface area (Å²) in [5.41, 5.74) is 6.37. The fraction of sp³-hybridized carbons (Fsp3) is 0.158. The zero-order chi connectivity index (χ0) is 22.3. The number of hydrogen-bond acceptors (Lipinski definition) is 7. The van der Waals surface area contributed by atoms with Crippen LogP contribution in [0.3, 0.4) is 0 Å². The second-order valence-corrected chi connectivity index (χ2v) is 10.2. The van der Waals surface area contributed by atoms with Crippen molar-refractivity contribution < 1.29 is 19.0 Å². The largest absolute Gasteiger partial charge is 0.466 e. The molecule has 158 valence electrons. The van der Waals surface area contributed by atoms with Crippen molar-refractivity contribution in [2.45, 2.75) is 11.8 Å². The quantitative estimate of drug-likeness (QED) is 0.0721. The number of nitro groups is 1. The van der Waals surface area contributed by atoms with Gasteiger partial charge in [0.25, 0.3) is 12.1 Å². The van der Waals surface area contributed by atoms with E-state index in [4.69, 9.17) is 22.1 Å². The van der Waals surface area contributed by atoms with Gasteiger partial charge in [-0.3, -0.25) is 10.1 Å². The van der Waals surface area contributed by atoms with Crippen molar-refractivity contribution in [3.8, 4) is 0 Å². The van der Waals surface area contributed by atoms with Crippen molar-refractivity contribution >= 4 is 52.8 Å². The van der Waals surface area contributed by atoms with Crippen molar-refractivity contribution in [2.75, 3.05) is 13.4 Å². The van der Waals surface area contributed by atoms with Crippen LogP contribution in [0.4, 0.5) is 5.69 Å². The Morgan fingerprint density at radius 1 is 1.30 bits per heavy atom. The minimum Gasteiger partial charge on any atom is -0.466 e. The Morgan fingerprint density at radius 2 is 1.97 bits per heavy atom. The maximum atomic E-state index is 11.5. The summed E-state index contributed by atoms with van der Waals surface area (Å²) in [7, 11) is 1.25. The Kier molecular flexibility index (Phi) is 8.16. The number of nitro benzene ring substituents is 1. The predicted molar refractivity (Wildman–Crippen MR) is 123 cm³/mol. The van der Waals surface area contributed by atoms with E-state index in [2.05, 4.69) is 9.50 Å². The zero-order valence-corrected chi connectivity index (χ0v) is 19.0. The van der Waals surface area contributed by atoms with E-state index < -0.39 is 17.3 Å². The van der Waals surface area contributed by atoms with Gasteiger partial charge in [-0.15, -0.1) is 11.8 Å². The first-order chi connectivity index (χ1) is 14.2. The van der Waals surface area contributed by atoms with Gasteiger partial charge < -0.3 is 15.0 Å². The number of carbonyl (C=O) groups is 1. The van der Waals surface area contributed by atoms with Gasteiger partial charge in [0, 0.05) is 27.9 Å². The Balaban J connectivity index is 2.54. The normalized spacial score (nSPS) is 14.0. The lowest BCUT2D eigenvalue weighted by Gasteiger charge is -2.21. The third-order valence-electron chi connectivity index (χ3n) is 3.78. The van der Waals surface area contributed by atoms with Gasteiger partial charge in [-0.1, -0.05) is 12.1 Å². The number of nitrogens with two attached hydrogens (primary N) is 1. The number of thioether (sulfide) groups is 1. The number of benzene rings is 2. The van der Waals surface area contributed by atoms with Crippen LogP contribution in [-0.4, -0.2) is 30.1 Å². The molecule has 30 heavy (non-hydrogen) atoms. The van der Waals surface area contributed by atoms with Gasteiger partial charge >= 0.3 is 5.97 Å². The maximum Gasteiger partial charge on any atom is 0.333 e. The first kappa shape index (κ1) is 23.6. The molecule has 0 radical (unpaired) electrons. The van der Waals surface area contributed by atoms with Gasteiger partial charge in [-0.25, -0.2) is 4.79 Å². The number of hydrogen-bond donors (Lipinski definition) is 1. The molecule has 1 atom stereocenters. The third-order valence-corrected chi connectivity index (χ3v) is 7.59. The van der Waals surface area contributed by atoms with Gasteiger partial charge in [-0.2, -0.15) is 4.76 Å². The van der Waals surface area contributed by atoms with E-state index in [-0.39, 0.29) is 17.3 Å². The molecular weight excluding hydrogens is 445 g/mol. The Hall–Kier alpha value is -2.68. The molecule has 0 fully saturated rings. The summed E-state index contributed by atoms with van der Waals surface area (Å²) >= 11 is 7.33. The molecule has 0 aliphatic carbocycles. The zero-order valence-electron chi connectivity index (χ0n) is 16.5. The highest BCUT2D eigenvalue weighted by molar-refractivity contribution is 8.15. The molecule has 2 rings (SSSR count). The highest BCUT2D eigenvalue weighted by atomic mass is 32.4. The molecule has 0 aliphatic rings. The topological polar surface area (TPSA) is 117 Å². The number of allylic oxidation sites excluding steroid dienone is 1. The average molecular weight is 465 g/mol. The van der Waals surface area contributed by atoms with E-state index in [9.17, 15) is 14.9 Å². The monoisotopic (exact) mass is 465 g/mol. The lowest BCUT2D eigenvalue weighted by atomic mass is 10.2. The molecule has 1 unspecified atom stereocenters. The van der Waals surface area contributed by atoms with Crippen molar-refractivity contribution in [2.24, 2.45) is 10.5 Å². The van der Waals surface area contributed by atoms with Crippen molar-refractivity contribution in [3.05, 3.63) is 76.0 Å². The molecule has 0 amide bonds. The van der Waals surface area contributed by atoms with Crippen LogP contribution in [-0.2, 0) is 25.9 Å². The molecule has 0 heterocycles. The fourth-order valence-corrected chi connectivity index (χ4v) is 5.35. The molecule has 0 bridgehead atoms.